The van der Waals surface area contributed by atoms with Crippen molar-refractivity contribution in [2.24, 2.45) is 0 Å². The average molecular weight is 450 g/mol. The zero-order valence-electron chi connectivity index (χ0n) is 18.0. The molecule has 9 nitrogen and oxygen atoms in total. The molecule has 0 aliphatic carbocycles. The summed E-state index contributed by atoms with van der Waals surface area (Å²) >= 11 is 0. The molecule has 0 aromatic heterocycles. The van der Waals surface area contributed by atoms with Crippen molar-refractivity contribution in [1.82, 2.24) is 4.90 Å². The zero-order chi connectivity index (χ0) is 23.5. The van der Waals surface area contributed by atoms with Crippen LogP contribution in [0.15, 0.2) is 42.5 Å². The number of hydrogen-bond donors (Lipinski definition) is 1. The van der Waals surface area contributed by atoms with Crippen molar-refractivity contribution in [2.45, 2.75) is 25.9 Å². The van der Waals surface area contributed by atoms with Crippen LogP contribution in [0.3, 0.4) is 0 Å². The predicted octanol–water partition coefficient (Wildman–Crippen LogP) is 2.46. The fourth-order valence-corrected chi connectivity index (χ4v) is 3.80. The van der Waals surface area contributed by atoms with Gasteiger partial charge in [0, 0.05) is 17.9 Å². The molecule has 4 rings (SSSR count). The highest BCUT2D eigenvalue weighted by atomic mass is 16.5. The SMILES string of the molecule is CC(=O)c1cccc(NC(=O)COC(=O)c2ccc3c(c2)C(=O)N(C[C@@H]2CCCO2)C3=O)c1. The van der Waals surface area contributed by atoms with Gasteiger partial charge in [-0.15, -0.1) is 0 Å². The number of amides is 3. The number of fused-ring (bicyclic) bond motifs is 1. The molecule has 0 spiro atoms. The molecule has 2 aliphatic rings. The lowest BCUT2D eigenvalue weighted by molar-refractivity contribution is -0.119. The standard InChI is InChI=1S/C24H22N2O7/c1-14(27)15-4-2-5-17(10-15)25-21(28)13-33-24(31)16-7-8-19-20(11-16)23(30)26(22(19)29)12-18-6-3-9-32-18/h2,4-5,7-8,10-11,18H,3,6,9,12-13H2,1H3,(H,25,28)/t18-/m0/s1. The summed E-state index contributed by atoms with van der Waals surface area (Å²) in [5.74, 6) is -2.43. The van der Waals surface area contributed by atoms with E-state index in [-0.39, 0.29) is 35.1 Å². The van der Waals surface area contributed by atoms with E-state index in [1.54, 1.807) is 18.2 Å². The van der Waals surface area contributed by atoms with E-state index >= 15 is 0 Å². The number of Topliss-reactive ketones (excluding diaryl/α,β-unsaturated/α-hetero) is 1. The Kier molecular flexibility index (Phi) is 6.32. The van der Waals surface area contributed by atoms with Gasteiger partial charge in [-0.2, -0.15) is 0 Å². The molecule has 1 saturated heterocycles. The molecule has 2 aromatic carbocycles. The molecule has 2 aliphatic heterocycles. The Labute approximate surface area is 189 Å². The first-order chi connectivity index (χ1) is 15.8. The van der Waals surface area contributed by atoms with E-state index in [1.807, 2.05) is 0 Å². The summed E-state index contributed by atoms with van der Waals surface area (Å²) in [6, 6.07) is 10.5. The summed E-state index contributed by atoms with van der Waals surface area (Å²) < 4.78 is 10.6. The Morgan fingerprint density at radius 1 is 1.06 bits per heavy atom. The van der Waals surface area contributed by atoms with Crippen molar-refractivity contribution in [3.05, 3.63) is 64.7 Å². The Hall–Kier alpha value is -3.85. The van der Waals surface area contributed by atoms with Gasteiger partial charge in [-0.25, -0.2) is 4.79 Å². The van der Waals surface area contributed by atoms with Gasteiger partial charge in [-0.1, -0.05) is 12.1 Å². The minimum atomic E-state index is -0.803. The van der Waals surface area contributed by atoms with E-state index < -0.39 is 30.3 Å². The second kappa shape index (κ2) is 9.33. The van der Waals surface area contributed by atoms with E-state index in [9.17, 15) is 24.0 Å². The van der Waals surface area contributed by atoms with E-state index in [0.717, 1.165) is 17.7 Å². The minimum Gasteiger partial charge on any atom is -0.452 e. The van der Waals surface area contributed by atoms with Crippen LogP contribution in [0.1, 0.15) is 61.2 Å². The lowest BCUT2D eigenvalue weighted by Crippen LogP contribution is -2.36. The van der Waals surface area contributed by atoms with Gasteiger partial charge in [-0.05, 0) is 50.1 Å². The van der Waals surface area contributed by atoms with Gasteiger partial charge in [-0.3, -0.25) is 24.1 Å². The number of anilines is 1. The number of imide groups is 1. The fourth-order valence-electron chi connectivity index (χ4n) is 3.80. The third-order valence-corrected chi connectivity index (χ3v) is 5.50. The highest BCUT2D eigenvalue weighted by Gasteiger charge is 2.38. The summed E-state index contributed by atoms with van der Waals surface area (Å²) in [4.78, 5) is 62.4. The number of carbonyl (C=O) groups excluding carboxylic acids is 5. The van der Waals surface area contributed by atoms with E-state index in [2.05, 4.69) is 5.32 Å². The first-order valence-electron chi connectivity index (χ1n) is 10.5. The Balaban J connectivity index is 1.37. The number of ether oxygens (including phenoxy) is 2. The van der Waals surface area contributed by atoms with Crippen LogP contribution in [0.5, 0.6) is 0 Å². The van der Waals surface area contributed by atoms with Crippen LogP contribution in [0.2, 0.25) is 0 Å². The lowest BCUT2D eigenvalue weighted by atomic mass is 10.1. The van der Waals surface area contributed by atoms with Crippen LogP contribution in [-0.2, 0) is 14.3 Å². The summed E-state index contributed by atoms with van der Waals surface area (Å²) in [6.07, 6.45) is 1.50. The van der Waals surface area contributed by atoms with Crippen LogP contribution in [0, 0.1) is 0 Å². The van der Waals surface area contributed by atoms with Crippen molar-refractivity contribution < 1.29 is 33.4 Å². The molecule has 33 heavy (non-hydrogen) atoms. The molecule has 0 unspecified atom stereocenters. The molecule has 0 bridgehead atoms. The quantitative estimate of drug-likeness (QED) is 0.391. The van der Waals surface area contributed by atoms with Crippen LogP contribution in [-0.4, -0.2) is 60.2 Å². The van der Waals surface area contributed by atoms with E-state index in [0.29, 0.717) is 17.9 Å². The lowest BCUT2D eigenvalue weighted by Gasteiger charge is -2.17. The number of esters is 1. The van der Waals surface area contributed by atoms with Crippen molar-refractivity contribution >= 4 is 35.2 Å². The summed E-state index contributed by atoms with van der Waals surface area (Å²) in [5, 5.41) is 2.55. The highest BCUT2D eigenvalue weighted by Crippen LogP contribution is 2.26. The van der Waals surface area contributed by atoms with Gasteiger partial charge in [0.05, 0.1) is 29.3 Å². The second-order valence-corrected chi connectivity index (χ2v) is 7.88. The normalized spacial score (nSPS) is 17.1. The van der Waals surface area contributed by atoms with Crippen molar-refractivity contribution in [1.29, 1.82) is 0 Å². The molecule has 170 valence electrons. The molecule has 1 fully saturated rings. The van der Waals surface area contributed by atoms with Crippen LogP contribution < -0.4 is 5.32 Å². The minimum absolute atomic E-state index is 0.0558. The van der Waals surface area contributed by atoms with Gasteiger partial charge < -0.3 is 14.8 Å². The highest BCUT2D eigenvalue weighted by molar-refractivity contribution is 6.22. The topological polar surface area (TPSA) is 119 Å². The molecule has 3 amide bonds. The summed E-state index contributed by atoms with van der Waals surface area (Å²) in [5.41, 5.74) is 1.24. The van der Waals surface area contributed by atoms with E-state index in [1.165, 1.54) is 31.2 Å². The largest absolute Gasteiger partial charge is 0.452 e. The number of ketones is 1. The van der Waals surface area contributed by atoms with Crippen LogP contribution in [0.4, 0.5) is 5.69 Å². The number of carbonyl (C=O) groups is 5. The maximum absolute atomic E-state index is 12.7. The first-order valence-corrected chi connectivity index (χ1v) is 10.5. The Bertz CT molecular complexity index is 1150. The van der Waals surface area contributed by atoms with Crippen molar-refractivity contribution in [3.63, 3.8) is 0 Å². The zero-order valence-corrected chi connectivity index (χ0v) is 18.0. The molecule has 1 atom stereocenters. The van der Waals surface area contributed by atoms with Crippen molar-refractivity contribution in [2.75, 3.05) is 25.1 Å². The maximum atomic E-state index is 12.7. The Morgan fingerprint density at radius 2 is 1.85 bits per heavy atom. The smallest absolute Gasteiger partial charge is 0.338 e. The van der Waals surface area contributed by atoms with Gasteiger partial charge in [0.25, 0.3) is 17.7 Å². The monoisotopic (exact) mass is 450 g/mol. The second-order valence-electron chi connectivity index (χ2n) is 7.88. The molecule has 0 saturated carbocycles. The third-order valence-electron chi connectivity index (χ3n) is 5.50. The number of nitrogens with one attached hydrogen (secondary N) is 1. The third kappa shape index (κ3) is 4.83. The van der Waals surface area contributed by atoms with Crippen molar-refractivity contribution in [3.8, 4) is 0 Å². The summed E-state index contributed by atoms with van der Waals surface area (Å²) in [7, 11) is 0. The first kappa shape index (κ1) is 22.3. The molecular weight excluding hydrogens is 428 g/mol. The van der Waals surface area contributed by atoms with E-state index in [4.69, 9.17) is 9.47 Å². The predicted molar refractivity (Wildman–Crippen MR) is 116 cm³/mol. The van der Waals surface area contributed by atoms with Crippen LogP contribution in [0.25, 0.3) is 0 Å². The number of rotatable bonds is 7. The van der Waals surface area contributed by atoms with Gasteiger partial charge in [0.15, 0.2) is 12.4 Å². The fraction of sp³-hybridized carbons (Fsp3) is 0.292. The Morgan fingerprint density at radius 3 is 2.58 bits per heavy atom. The molecule has 1 N–H and O–H groups in total. The molecule has 0 radical (unpaired) electrons. The van der Waals surface area contributed by atoms with Gasteiger partial charge in [0.1, 0.15) is 0 Å². The number of hydrogen-bond acceptors (Lipinski definition) is 7. The average Bonchev–Trinajstić information content (AvgIpc) is 3.40. The number of benzene rings is 2. The molecule has 2 aromatic rings. The summed E-state index contributed by atoms with van der Waals surface area (Å²) in [6.45, 7) is 1.65. The van der Waals surface area contributed by atoms with Crippen LogP contribution >= 0.6 is 0 Å². The number of nitrogens with zero attached hydrogens (tertiary/aromatic N) is 1. The van der Waals surface area contributed by atoms with Gasteiger partial charge >= 0.3 is 5.97 Å². The van der Waals surface area contributed by atoms with Gasteiger partial charge in [0.2, 0.25) is 0 Å². The maximum Gasteiger partial charge on any atom is 0.338 e. The molecule has 9 heteroatoms. The molecular formula is C24H22N2O7. The molecule has 2 heterocycles.